The molecule has 4 nitrogen and oxygen atoms in total. The molecule has 0 saturated carbocycles. The van der Waals surface area contributed by atoms with E-state index in [1.54, 1.807) is 0 Å². The number of hydrogen-bond donors (Lipinski definition) is 0. The van der Waals surface area contributed by atoms with Crippen molar-refractivity contribution in [3.8, 4) is 0 Å². The lowest BCUT2D eigenvalue weighted by Crippen LogP contribution is -2.27. The van der Waals surface area contributed by atoms with Gasteiger partial charge in [0.25, 0.3) is 9.84 Å². The summed E-state index contributed by atoms with van der Waals surface area (Å²) in [5.74, 6) is -1.72. The highest BCUT2D eigenvalue weighted by molar-refractivity contribution is 7.92. The first kappa shape index (κ1) is 10.2. The van der Waals surface area contributed by atoms with Crippen LogP contribution < -0.4 is 0 Å². The molecule has 0 spiro atoms. The number of rotatable bonds is 3. The van der Waals surface area contributed by atoms with Crippen LogP contribution in [0.5, 0.6) is 0 Å². The zero-order chi connectivity index (χ0) is 9.12. The molecule has 1 radical (unpaired) electrons. The topological polar surface area (TPSA) is 60.4 Å². The normalized spacial score (nSPS) is 12.6. The summed E-state index contributed by atoms with van der Waals surface area (Å²) in [5.41, 5.74) is -5.39. The summed E-state index contributed by atoms with van der Waals surface area (Å²) in [4.78, 5) is 9.20. The third-order valence-corrected chi connectivity index (χ3v) is 1.76. The molecule has 0 aliphatic heterocycles. The van der Waals surface area contributed by atoms with E-state index in [0.29, 0.717) is 6.47 Å². The van der Waals surface area contributed by atoms with Crippen LogP contribution in [0.1, 0.15) is 0 Å². The highest BCUT2D eigenvalue weighted by Gasteiger charge is 2.46. The van der Waals surface area contributed by atoms with E-state index < -0.39 is 21.3 Å². The average Bonchev–Trinajstić information content (AvgIpc) is 1.81. The third-order valence-electron chi connectivity index (χ3n) is 0.626. The fourth-order valence-corrected chi connectivity index (χ4v) is 0.505. The Morgan fingerprint density at radius 1 is 1.36 bits per heavy atom. The minimum atomic E-state index is -5.39. The minimum Gasteiger partial charge on any atom is -0.440 e. The van der Waals surface area contributed by atoms with Crippen molar-refractivity contribution in [1.29, 1.82) is 0 Å². The van der Waals surface area contributed by atoms with Gasteiger partial charge in [-0.1, -0.05) is 0 Å². The SMILES string of the molecule is O=[C]OCS(=O)(=O)C(F)(F)F. The van der Waals surface area contributed by atoms with Gasteiger partial charge in [-0.15, -0.1) is 0 Å². The predicted molar refractivity (Wildman–Crippen MR) is 26.6 cm³/mol. The second-order valence-corrected chi connectivity index (χ2v) is 3.33. The molecular formula is C3H2F3O4S. The fraction of sp³-hybridized carbons (Fsp3) is 0.667. The van der Waals surface area contributed by atoms with Gasteiger partial charge in [0, 0.05) is 0 Å². The van der Waals surface area contributed by atoms with Gasteiger partial charge in [0.15, 0.2) is 0 Å². The van der Waals surface area contributed by atoms with Gasteiger partial charge in [-0.3, -0.25) is 0 Å². The van der Waals surface area contributed by atoms with Crippen LogP contribution in [-0.4, -0.2) is 26.3 Å². The quantitative estimate of drug-likeness (QED) is 0.628. The minimum absolute atomic E-state index is 0.567. The van der Waals surface area contributed by atoms with Crippen LogP contribution >= 0.6 is 0 Å². The summed E-state index contributed by atoms with van der Waals surface area (Å²) in [6, 6.07) is 0. The van der Waals surface area contributed by atoms with E-state index in [1.807, 2.05) is 0 Å². The van der Waals surface area contributed by atoms with Gasteiger partial charge in [0.05, 0.1) is 0 Å². The second kappa shape index (κ2) is 3.07. The van der Waals surface area contributed by atoms with Crippen molar-refractivity contribution >= 4 is 16.3 Å². The monoisotopic (exact) mass is 191 g/mol. The first-order valence-electron chi connectivity index (χ1n) is 2.09. The average molecular weight is 191 g/mol. The van der Waals surface area contributed by atoms with Crippen LogP contribution in [0.2, 0.25) is 0 Å². The maximum Gasteiger partial charge on any atom is 0.500 e. The molecule has 0 fully saturated rings. The number of carbonyl (C=O) groups excluding carboxylic acids is 1. The largest absolute Gasteiger partial charge is 0.500 e. The summed E-state index contributed by atoms with van der Waals surface area (Å²) in [5, 5.41) is 0. The highest BCUT2D eigenvalue weighted by Crippen LogP contribution is 2.23. The molecule has 0 rings (SSSR count). The van der Waals surface area contributed by atoms with Crippen LogP contribution in [0.3, 0.4) is 0 Å². The van der Waals surface area contributed by atoms with Gasteiger partial charge in [-0.2, -0.15) is 13.2 Å². The summed E-state index contributed by atoms with van der Waals surface area (Å²) >= 11 is 0. The lowest BCUT2D eigenvalue weighted by atomic mass is 11.5. The Bertz CT molecular complexity index is 227. The van der Waals surface area contributed by atoms with Crippen LogP contribution in [0.15, 0.2) is 0 Å². The van der Waals surface area contributed by atoms with E-state index in [-0.39, 0.29) is 0 Å². The molecule has 0 atom stereocenters. The molecule has 11 heavy (non-hydrogen) atoms. The van der Waals surface area contributed by atoms with Gasteiger partial charge in [0.2, 0.25) is 5.94 Å². The fourth-order valence-electron chi connectivity index (χ4n) is 0.168. The Balaban J connectivity index is 4.37. The molecule has 0 aromatic carbocycles. The smallest absolute Gasteiger partial charge is 0.440 e. The Morgan fingerprint density at radius 3 is 2.09 bits per heavy atom. The van der Waals surface area contributed by atoms with Gasteiger partial charge in [-0.25, -0.2) is 13.2 Å². The number of sulfone groups is 1. The Kier molecular flexibility index (Phi) is 2.85. The van der Waals surface area contributed by atoms with Crippen molar-refractivity contribution in [2.75, 3.05) is 5.94 Å². The molecule has 65 valence electrons. The zero-order valence-corrected chi connectivity index (χ0v) is 5.70. The summed E-state index contributed by atoms with van der Waals surface area (Å²) in [7, 11) is -5.34. The van der Waals surface area contributed by atoms with E-state index >= 15 is 0 Å². The molecule has 0 aromatic heterocycles. The van der Waals surface area contributed by atoms with Crippen molar-refractivity contribution in [3.05, 3.63) is 0 Å². The predicted octanol–water partition coefficient (Wildman–Crippen LogP) is -0.0377. The second-order valence-electron chi connectivity index (χ2n) is 1.41. The van der Waals surface area contributed by atoms with Gasteiger partial charge in [-0.05, 0) is 0 Å². The lowest BCUT2D eigenvalue weighted by Gasteiger charge is -2.04. The van der Waals surface area contributed by atoms with Crippen LogP contribution in [0.4, 0.5) is 13.2 Å². The molecule has 0 aliphatic rings. The van der Waals surface area contributed by atoms with Crippen molar-refractivity contribution in [3.63, 3.8) is 0 Å². The van der Waals surface area contributed by atoms with E-state index in [4.69, 9.17) is 0 Å². The molecule has 0 N–H and O–H groups in total. The number of halogens is 3. The first-order chi connectivity index (χ1) is 4.81. The van der Waals surface area contributed by atoms with Gasteiger partial charge in [0.1, 0.15) is 0 Å². The molecule has 0 unspecified atom stereocenters. The summed E-state index contributed by atoms with van der Waals surface area (Å²) in [6.45, 7) is 0.567. The Hall–Kier alpha value is -0.790. The van der Waals surface area contributed by atoms with Crippen LogP contribution in [0, 0.1) is 0 Å². The molecule has 0 aliphatic carbocycles. The number of ether oxygens (including phenoxy) is 1. The van der Waals surface area contributed by atoms with Crippen molar-refractivity contribution in [2.45, 2.75) is 5.51 Å². The highest BCUT2D eigenvalue weighted by atomic mass is 32.2. The maximum absolute atomic E-state index is 11.4. The van der Waals surface area contributed by atoms with E-state index in [2.05, 4.69) is 4.74 Å². The molecule has 0 amide bonds. The van der Waals surface area contributed by atoms with Crippen LogP contribution in [-0.2, 0) is 19.4 Å². The van der Waals surface area contributed by atoms with Crippen molar-refractivity contribution < 1.29 is 31.1 Å². The number of hydrogen-bond acceptors (Lipinski definition) is 4. The molecule has 0 saturated heterocycles. The molecule has 0 aromatic rings. The van der Waals surface area contributed by atoms with Crippen LogP contribution in [0.25, 0.3) is 0 Å². The molecule has 0 bridgehead atoms. The van der Waals surface area contributed by atoms with E-state index in [9.17, 15) is 26.4 Å². The Morgan fingerprint density at radius 2 is 1.82 bits per heavy atom. The Labute approximate surface area is 59.9 Å². The lowest BCUT2D eigenvalue weighted by molar-refractivity contribution is -0.0450. The zero-order valence-electron chi connectivity index (χ0n) is 4.88. The molecule has 8 heteroatoms. The molecule has 0 heterocycles. The van der Waals surface area contributed by atoms with E-state index in [1.165, 1.54) is 0 Å². The van der Waals surface area contributed by atoms with Crippen molar-refractivity contribution in [2.24, 2.45) is 0 Å². The van der Waals surface area contributed by atoms with Gasteiger partial charge < -0.3 is 4.74 Å². The first-order valence-corrected chi connectivity index (χ1v) is 3.74. The summed E-state index contributed by atoms with van der Waals surface area (Å²) < 4.78 is 57.4. The standard InChI is InChI=1S/C3H2F3O4S/c4-3(5,6)11(8,9)2-10-1-7/h2H2. The van der Waals surface area contributed by atoms with Crippen molar-refractivity contribution in [1.82, 2.24) is 0 Å². The van der Waals surface area contributed by atoms with E-state index in [0.717, 1.165) is 0 Å². The van der Waals surface area contributed by atoms with Gasteiger partial charge >= 0.3 is 12.0 Å². The summed E-state index contributed by atoms with van der Waals surface area (Å²) in [6.07, 6.45) is 0. The maximum atomic E-state index is 11.4. The molecular weight excluding hydrogens is 189 g/mol. The third kappa shape index (κ3) is 2.74. The number of alkyl halides is 3.